The predicted molar refractivity (Wildman–Crippen MR) is 69.2 cm³/mol. The topological polar surface area (TPSA) is 40.7 Å². The van der Waals surface area contributed by atoms with Crippen molar-refractivity contribution >= 4 is 11.6 Å². The Morgan fingerprint density at radius 2 is 2.28 bits per heavy atom. The van der Waals surface area contributed by atoms with Crippen LogP contribution in [0.15, 0.2) is 24.4 Å². The van der Waals surface area contributed by atoms with E-state index in [1.54, 1.807) is 18.3 Å². The third-order valence-corrected chi connectivity index (χ3v) is 3.56. The number of hydrogen-bond donors (Lipinski definition) is 2. The average molecular weight is 266 g/mol. The van der Waals surface area contributed by atoms with Crippen LogP contribution in [0.4, 0.5) is 4.39 Å². The second-order valence-electron chi connectivity index (χ2n) is 4.50. The summed E-state index contributed by atoms with van der Waals surface area (Å²) in [6.07, 6.45) is 2.87. The Hall–Kier alpha value is -1.39. The average Bonchev–Trinajstić information content (AvgIpc) is 3.01. The van der Waals surface area contributed by atoms with Gasteiger partial charge in [0.2, 0.25) is 0 Å². The molecule has 1 fully saturated rings. The van der Waals surface area contributed by atoms with Gasteiger partial charge in [-0.3, -0.25) is 0 Å². The minimum Gasteiger partial charge on any atom is -0.342 e. The van der Waals surface area contributed by atoms with Crippen molar-refractivity contribution in [2.75, 3.05) is 13.1 Å². The van der Waals surface area contributed by atoms with Crippen LogP contribution in [0.1, 0.15) is 18.2 Å². The Balaban J connectivity index is 1.89. The second kappa shape index (κ2) is 4.71. The highest BCUT2D eigenvalue weighted by Gasteiger charge is 2.19. The molecule has 1 saturated heterocycles. The van der Waals surface area contributed by atoms with Gasteiger partial charge in [-0.05, 0) is 31.2 Å². The molecule has 2 N–H and O–H groups in total. The zero-order valence-electron chi connectivity index (χ0n) is 9.71. The molecule has 5 heteroatoms. The summed E-state index contributed by atoms with van der Waals surface area (Å²) in [6.45, 7) is 1.99. The molecular weight excluding hydrogens is 253 g/mol. The van der Waals surface area contributed by atoms with Crippen LogP contribution in [0, 0.1) is 5.82 Å². The summed E-state index contributed by atoms with van der Waals surface area (Å²) in [4.78, 5) is 7.68. The van der Waals surface area contributed by atoms with Gasteiger partial charge < -0.3 is 10.3 Å². The van der Waals surface area contributed by atoms with E-state index < -0.39 is 5.82 Å². The Bertz CT molecular complexity index is 561. The van der Waals surface area contributed by atoms with E-state index in [9.17, 15) is 4.39 Å². The fourth-order valence-electron chi connectivity index (χ4n) is 2.24. The SMILES string of the molecule is Fc1ccc(-c2cnc(C3CCNC3)[nH]2)cc1Cl. The van der Waals surface area contributed by atoms with Crippen molar-refractivity contribution < 1.29 is 4.39 Å². The summed E-state index contributed by atoms with van der Waals surface area (Å²) < 4.78 is 13.1. The number of aromatic amines is 1. The summed E-state index contributed by atoms with van der Waals surface area (Å²) in [5.41, 5.74) is 1.73. The van der Waals surface area contributed by atoms with Gasteiger partial charge in [0, 0.05) is 18.0 Å². The van der Waals surface area contributed by atoms with E-state index in [-0.39, 0.29) is 5.02 Å². The maximum absolute atomic E-state index is 13.1. The molecule has 94 valence electrons. The molecule has 0 radical (unpaired) electrons. The van der Waals surface area contributed by atoms with E-state index in [4.69, 9.17) is 11.6 Å². The number of nitrogens with one attached hydrogen (secondary N) is 2. The molecule has 3 nitrogen and oxygen atoms in total. The first-order valence-electron chi connectivity index (χ1n) is 5.95. The van der Waals surface area contributed by atoms with E-state index in [0.717, 1.165) is 36.6 Å². The van der Waals surface area contributed by atoms with Gasteiger partial charge >= 0.3 is 0 Å². The van der Waals surface area contributed by atoms with E-state index >= 15 is 0 Å². The molecular formula is C13H13ClFN3. The van der Waals surface area contributed by atoms with Crippen LogP contribution in [-0.4, -0.2) is 23.1 Å². The summed E-state index contributed by atoms with van der Waals surface area (Å²) in [5.74, 6) is 1.02. The molecule has 1 unspecified atom stereocenters. The Labute approximate surface area is 109 Å². The zero-order valence-corrected chi connectivity index (χ0v) is 10.5. The van der Waals surface area contributed by atoms with Crippen LogP contribution < -0.4 is 5.32 Å². The predicted octanol–water partition coefficient (Wildman–Crippen LogP) is 2.95. The lowest BCUT2D eigenvalue weighted by atomic mass is 10.1. The third kappa shape index (κ3) is 2.13. The van der Waals surface area contributed by atoms with Crippen LogP contribution in [0.5, 0.6) is 0 Å². The third-order valence-electron chi connectivity index (χ3n) is 3.27. The highest BCUT2D eigenvalue weighted by molar-refractivity contribution is 6.31. The molecule has 1 aliphatic rings. The molecule has 0 amide bonds. The normalized spacial score (nSPS) is 19.3. The Morgan fingerprint density at radius 3 is 3.00 bits per heavy atom. The Kier molecular flexibility index (Phi) is 3.06. The molecule has 1 aromatic heterocycles. The van der Waals surface area contributed by atoms with Crippen LogP contribution in [0.2, 0.25) is 5.02 Å². The standard InChI is InChI=1S/C13H13ClFN3/c14-10-5-8(1-2-11(10)15)12-7-17-13(18-12)9-3-4-16-6-9/h1-2,5,7,9,16H,3-4,6H2,(H,17,18). The number of rotatable bonds is 2. The lowest BCUT2D eigenvalue weighted by molar-refractivity contribution is 0.628. The molecule has 18 heavy (non-hydrogen) atoms. The number of nitrogens with zero attached hydrogens (tertiary/aromatic N) is 1. The summed E-state index contributed by atoms with van der Waals surface area (Å²) in [7, 11) is 0. The highest BCUT2D eigenvalue weighted by Crippen LogP contribution is 2.26. The number of aromatic nitrogens is 2. The highest BCUT2D eigenvalue weighted by atomic mass is 35.5. The number of halogens is 2. The monoisotopic (exact) mass is 265 g/mol. The van der Waals surface area contributed by atoms with Gasteiger partial charge in [-0.2, -0.15) is 0 Å². The zero-order chi connectivity index (χ0) is 12.5. The molecule has 1 aliphatic heterocycles. The van der Waals surface area contributed by atoms with Crippen molar-refractivity contribution in [2.24, 2.45) is 0 Å². The van der Waals surface area contributed by atoms with Crippen LogP contribution in [0.25, 0.3) is 11.3 Å². The number of imidazole rings is 1. The maximum Gasteiger partial charge on any atom is 0.141 e. The van der Waals surface area contributed by atoms with Crippen molar-refractivity contribution in [3.05, 3.63) is 41.1 Å². The number of hydrogen-bond acceptors (Lipinski definition) is 2. The minimum atomic E-state index is -0.403. The van der Waals surface area contributed by atoms with E-state index in [0.29, 0.717) is 5.92 Å². The quantitative estimate of drug-likeness (QED) is 0.877. The second-order valence-corrected chi connectivity index (χ2v) is 4.91. The number of benzene rings is 1. The van der Waals surface area contributed by atoms with E-state index in [2.05, 4.69) is 15.3 Å². The van der Waals surface area contributed by atoms with Crippen LogP contribution in [0.3, 0.4) is 0 Å². The molecule has 1 aromatic carbocycles. The molecule has 0 bridgehead atoms. The van der Waals surface area contributed by atoms with Crippen molar-refractivity contribution in [2.45, 2.75) is 12.3 Å². The Morgan fingerprint density at radius 1 is 1.39 bits per heavy atom. The molecule has 2 heterocycles. The van der Waals surface area contributed by atoms with Gasteiger partial charge in [0.1, 0.15) is 11.6 Å². The molecule has 2 aromatic rings. The smallest absolute Gasteiger partial charge is 0.141 e. The lowest BCUT2D eigenvalue weighted by Gasteiger charge is -2.03. The van der Waals surface area contributed by atoms with Crippen molar-refractivity contribution in [1.82, 2.24) is 15.3 Å². The molecule has 0 aliphatic carbocycles. The van der Waals surface area contributed by atoms with Gasteiger partial charge in [0.05, 0.1) is 16.9 Å². The first kappa shape index (κ1) is 11.7. The number of H-pyrrole nitrogens is 1. The fraction of sp³-hybridized carbons (Fsp3) is 0.308. The molecule has 0 saturated carbocycles. The van der Waals surface area contributed by atoms with Crippen molar-refractivity contribution in [3.8, 4) is 11.3 Å². The fourth-order valence-corrected chi connectivity index (χ4v) is 2.42. The van der Waals surface area contributed by atoms with E-state index in [1.165, 1.54) is 6.07 Å². The minimum absolute atomic E-state index is 0.131. The first-order chi connectivity index (χ1) is 8.74. The molecule has 1 atom stereocenters. The van der Waals surface area contributed by atoms with Gasteiger partial charge in [-0.25, -0.2) is 9.37 Å². The summed E-state index contributed by atoms with van der Waals surface area (Å²) in [6, 6.07) is 4.68. The maximum atomic E-state index is 13.1. The van der Waals surface area contributed by atoms with Crippen molar-refractivity contribution in [3.63, 3.8) is 0 Å². The van der Waals surface area contributed by atoms with Gasteiger partial charge in [0.25, 0.3) is 0 Å². The largest absolute Gasteiger partial charge is 0.342 e. The summed E-state index contributed by atoms with van der Waals surface area (Å²) in [5, 5.41) is 3.44. The van der Waals surface area contributed by atoms with Crippen molar-refractivity contribution in [1.29, 1.82) is 0 Å². The molecule has 0 spiro atoms. The van der Waals surface area contributed by atoms with Gasteiger partial charge in [0.15, 0.2) is 0 Å². The van der Waals surface area contributed by atoms with Crippen LogP contribution in [-0.2, 0) is 0 Å². The van der Waals surface area contributed by atoms with Gasteiger partial charge in [-0.15, -0.1) is 0 Å². The summed E-state index contributed by atoms with van der Waals surface area (Å²) >= 11 is 5.78. The first-order valence-corrected chi connectivity index (χ1v) is 6.33. The lowest BCUT2D eigenvalue weighted by Crippen LogP contribution is -2.08. The molecule has 3 rings (SSSR count). The van der Waals surface area contributed by atoms with E-state index in [1.807, 2.05) is 0 Å². The van der Waals surface area contributed by atoms with Gasteiger partial charge in [-0.1, -0.05) is 11.6 Å². The van der Waals surface area contributed by atoms with Crippen LogP contribution >= 0.6 is 11.6 Å².